The molecule has 23 heavy (non-hydrogen) atoms. The summed E-state index contributed by atoms with van der Waals surface area (Å²) in [6, 6.07) is 8.79. The fourth-order valence-corrected chi connectivity index (χ4v) is 2.18. The number of halogens is 3. The maximum atomic E-state index is 12.9. The molecule has 2 aromatic rings. The molecular weight excluding hydrogens is 309 g/mol. The quantitative estimate of drug-likeness (QED) is 0.887. The first-order chi connectivity index (χ1) is 10.9. The van der Waals surface area contributed by atoms with E-state index in [0.29, 0.717) is 5.76 Å². The summed E-state index contributed by atoms with van der Waals surface area (Å²) in [5.41, 5.74) is -0.538. The topological polar surface area (TPSA) is 45.5 Å². The Morgan fingerprint density at radius 3 is 2.61 bits per heavy atom. The van der Waals surface area contributed by atoms with Crippen molar-refractivity contribution in [3.63, 3.8) is 0 Å². The van der Waals surface area contributed by atoms with Crippen LogP contribution in [-0.2, 0) is 24.1 Å². The van der Waals surface area contributed by atoms with Gasteiger partial charge in [-0.05, 0) is 30.8 Å². The summed E-state index contributed by atoms with van der Waals surface area (Å²) in [4.78, 5) is 13.3. The lowest BCUT2D eigenvalue weighted by molar-refractivity contribution is -0.138. The highest BCUT2D eigenvalue weighted by Crippen LogP contribution is 2.32. The van der Waals surface area contributed by atoms with Crippen molar-refractivity contribution in [2.75, 3.05) is 13.6 Å². The zero-order chi connectivity index (χ0) is 16.9. The van der Waals surface area contributed by atoms with Crippen LogP contribution in [0.2, 0.25) is 0 Å². The number of carbonyl (C=O) groups is 1. The van der Waals surface area contributed by atoms with Gasteiger partial charge in [0.1, 0.15) is 5.76 Å². The van der Waals surface area contributed by atoms with Gasteiger partial charge in [-0.25, -0.2) is 0 Å². The molecule has 1 N–H and O–H groups in total. The molecule has 0 saturated carbocycles. The Kier molecular flexibility index (Phi) is 5.44. The summed E-state index contributed by atoms with van der Waals surface area (Å²) < 4.78 is 43.9. The molecule has 4 nitrogen and oxygen atoms in total. The van der Waals surface area contributed by atoms with Crippen molar-refractivity contribution < 1.29 is 22.4 Å². The van der Waals surface area contributed by atoms with E-state index >= 15 is 0 Å². The van der Waals surface area contributed by atoms with E-state index in [-0.39, 0.29) is 31.1 Å². The van der Waals surface area contributed by atoms with Crippen molar-refractivity contribution in [1.82, 2.24) is 10.2 Å². The fraction of sp³-hybridized carbons (Fsp3) is 0.312. The maximum absolute atomic E-state index is 12.9. The van der Waals surface area contributed by atoms with Gasteiger partial charge in [-0.2, -0.15) is 13.2 Å². The Balaban J connectivity index is 1.89. The number of hydrogen-bond acceptors (Lipinski definition) is 3. The Hall–Kier alpha value is -2.28. The fourth-order valence-electron chi connectivity index (χ4n) is 2.18. The number of hydrogen-bond donors (Lipinski definition) is 1. The predicted molar refractivity (Wildman–Crippen MR) is 78.3 cm³/mol. The zero-order valence-electron chi connectivity index (χ0n) is 12.6. The second-order valence-corrected chi connectivity index (χ2v) is 5.18. The smallest absolute Gasteiger partial charge is 0.416 e. The minimum Gasteiger partial charge on any atom is -0.467 e. The molecule has 1 aromatic carbocycles. The number of rotatable bonds is 6. The largest absolute Gasteiger partial charge is 0.467 e. The molecule has 0 aliphatic carbocycles. The van der Waals surface area contributed by atoms with Gasteiger partial charge in [0.15, 0.2) is 0 Å². The van der Waals surface area contributed by atoms with Gasteiger partial charge in [-0.15, -0.1) is 0 Å². The van der Waals surface area contributed by atoms with Gasteiger partial charge in [0.2, 0.25) is 5.91 Å². The van der Waals surface area contributed by atoms with Crippen LogP contribution in [0.5, 0.6) is 0 Å². The summed E-state index contributed by atoms with van der Waals surface area (Å²) in [6.07, 6.45) is -2.90. The lowest BCUT2D eigenvalue weighted by Gasteiger charge is -2.19. The molecule has 0 radical (unpaired) electrons. The third-order valence-electron chi connectivity index (χ3n) is 3.22. The Morgan fingerprint density at radius 1 is 1.22 bits per heavy atom. The van der Waals surface area contributed by atoms with Crippen molar-refractivity contribution in [3.05, 3.63) is 59.5 Å². The van der Waals surface area contributed by atoms with Crippen molar-refractivity contribution in [2.45, 2.75) is 19.3 Å². The van der Waals surface area contributed by atoms with E-state index in [4.69, 9.17) is 4.42 Å². The average molecular weight is 326 g/mol. The molecule has 1 amide bonds. The molecule has 124 valence electrons. The summed E-state index contributed by atoms with van der Waals surface area (Å²) in [7, 11) is 1.60. The van der Waals surface area contributed by atoms with Gasteiger partial charge < -0.3 is 9.73 Å². The Labute approximate surface area is 131 Å². The van der Waals surface area contributed by atoms with Crippen LogP contribution in [0.4, 0.5) is 13.2 Å². The number of furan rings is 1. The van der Waals surface area contributed by atoms with E-state index in [1.165, 1.54) is 23.3 Å². The first-order valence-electron chi connectivity index (χ1n) is 6.99. The van der Waals surface area contributed by atoms with Crippen molar-refractivity contribution in [3.8, 4) is 0 Å². The Morgan fingerprint density at radius 2 is 1.96 bits per heavy atom. The van der Waals surface area contributed by atoms with E-state index in [0.717, 1.165) is 6.07 Å². The van der Waals surface area contributed by atoms with Crippen LogP contribution < -0.4 is 5.32 Å². The number of alkyl halides is 3. The molecule has 1 heterocycles. The van der Waals surface area contributed by atoms with Gasteiger partial charge >= 0.3 is 6.18 Å². The number of benzene rings is 1. The number of nitrogens with zero attached hydrogens (tertiary/aromatic N) is 1. The van der Waals surface area contributed by atoms with Crippen LogP contribution in [0.25, 0.3) is 0 Å². The second kappa shape index (κ2) is 7.32. The number of carbonyl (C=O) groups excluding carboxylic acids is 1. The number of nitrogens with one attached hydrogen (secondary N) is 1. The minimum absolute atomic E-state index is 0.00704. The first kappa shape index (κ1) is 17.1. The van der Waals surface area contributed by atoms with Crippen molar-refractivity contribution in [1.29, 1.82) is 0 Å². The molecule has 1 aromatic heterocycles. The van der Waals surface area contributed by atoms with Crippen LogP contribution in [0, 0.1) is 0 Å². The van der Waals surface area contributed by atoms with Gasteiger partial charge in [-0.1, -0.05) is 18.2 Å². The van der Waals surface area contributed by atoms with E-state index in [9.17, 15) is 18.0 Å². The van der Waals surface area contributed by atoms with E-state index in [2.05, 4.69) is 5.32 Å². The van der Waals surface area contributed by atoms with Crippen LogP contribution in [-0.4, -0.2) is 24.4 Å². The SMILES string of the molecule is CN(CC(=O)NCc1ccco1)Cc1ccccc1C(F)(F)F. The summed E-state index contributed by atoms with van der Waals surface area (Å²) in [5, 5.41) is 2.65. The molecule has 0 bridgehead atoms. The monoisotopic (exact) mass is 326 g/mol. The van der Waals surface area contributed by atoms with Gasteiger partial charge in [0.25, 0.3) is 0 Å². The van der Waals surface area contributed by atoms with Crippen LogP contribution >= 0.6 is 0 Å². The van der Waals surface area contributed by atoms with Gasteiger partial charge in [0, 0.05) is 6.54 Å². The van der Waals surface area contributed by atoms with Gasteiger partial charge in [-0.3, -0.25) is 9.69 Å². The third kappa shape index (κ3) is 5.14. The zero-order valence-corrected chi connectivity index (χ0v) is 12.6. The molecule has 0 aliphatic rings. The second-order valence-electron chi connectivity index (χ2n) is 5.18. The van der Waals surface area contributed by atoms with Crippen LogP contribution in [0.1, 0.15) is 16.9 Å². The molecule has 0 saturated heterocycles. The average Bonchev–Trinajstić information content (AvgIpc) is 2.97. The highest BCUT2D eigenvalue weighted by Gasteiger charge is 2.33. The minimum atomic E-state index is -4.40. The summed E-state index contributed by atoms with van der Waals surface area (Å²) in [5.74, 6) is 0.330. The first-order valence-corrected chi connectivity index (χ1v) is 6.99. The van der Waals surface area contributed by atoms with Crippen molar-refractivity contribution >= 4 is 5.91 Å². The van der Waals surface area contributed by atoms with Gasteiger partial charge in [0.05, 0.1) is 24.9 Å². The van der Waals surface area contributed by atoms with E-state index in [1.807, 2.05) is 0 Å². The highest BCUT2D eigenvalue weighted by atomic mass is 19.4. The summed E-state index contributed by atoms with van der Waals surface area (Å²) >= 11 is 0. The molecule has 0 aliphatic heterocycles. The molecule has 0 unspecified atom stereocenters. The lowest BCUT2D eigenvalue weighted by atomic mass is 10.1. The Bertz CT molecular complexity index is 639. The van der Waals surface area contributed by atoms with Crippen LogP contribution in [0.15, 0.2) is 47.1 Å². The molecule has 0 fully saturated rings. The van der Waals surface area contributed by atoms with E-state index < -0.39 is 11.7 Å². The number of amides is 1. The maximum Gasteiger partial charge on any atom is 0.416 e. The highest BCUT2D eigenvalue weighted by molar-refractivity contribution is 5.77. The lowest BCUT2D eigenvalue weighted by Crippen LogP contribution is -2.34. The molecule has 7 heteroatoms. The van der Waals surface area contributed by atoms with Crippen molar-refractivity contribution in [2.24, 2.45) is 0 Å². The molecular formula is C16H17F3N2O2. The molecule has 0 spiro atoms. The molecule has 0 atom stereocenters. The van der Waals surface area contributed by atoms with E-state index in [1.54, 1.807) is 25.2 Å². The molecule has 2 rings (SSSR count). The standard InChI is InChI=1S/C16H17F3N2O2/c1-21(11-15(22)20-9-13-6-4-8-23-13)10-12-5-2-3-7-14(12)16(17,18)19/h2-8H,9-11H2,1H3,(H,20,22). The number of likely N-dealkylation sites (N-methyl/N-ethyl adjacent to an activating group) is 1. The predicted octanol–water partition coefficient (Wildman–Crippen LogP) is 3.05. The summed E-state index contributed by atoms with van der Waals surface area (Å²) in [6.45, 7) is 0.273. The normalized spacial score (nSPS) is 11.7. The van der Waals surface area contributed by atoms with Crippen LogP contribution in [0.3, 0.4) is 0 Å². The third-order valence-corrected chi connectivity index (χ3v) is 3.22.